The molecule has 14 nitrogen and oxygen atoms in total. The van der Waals surface area contributed by atoms with Gasteiger partial charge in [-0.15, -0.1) is 0 Å². The van der Waals surface area contributed by atoms with Crippen molar-refractivity contribution >= 4 is 34.6 Å². The number of benzene rings is 2. The highest BCUT2D eigenvalue weighted by molar-refractivity contribution is 5.96. The Morgan fingerprint density at radius 2 is 1.84 bits per heavy atom. The van der Waals surface area contributed by atoms with E-state index in [9.17, 15) is 24.3 Å². The van der Waals surface area contributed by atoms with Crippen LogP contribution in [0.15, 0.2) is 54.7 Å². The van der Waals surface area contributed by atoms with Crippen LogP contribution in [0.2, 0.25) is 0 Å². The summed E-state index contributed by atoms with van der Waals surface area (Å²) in [6, 6.07) is 12.9. The number of esters is 1. The zero-order valence-corrected chi connectivity index (χ0v) is 39.0. The molecule has 2 aromatic heterocycles. The molecule has 0 unspecified atom stereocenters. The van der Waals surface area contributed by atoms with Crippen LogP contribution in [0.25, 0.3) is 33.3 Å². The van der Waals surface area contributed by atoms with Gasteiger partial charge in [0, 0.05) is 67.8 Å². The van der Waals surface area contributed by atoms with Gasteiger partial charge in [-0.1, -0.05) is 46.2 Å². The average molecular weight is 878 g/mol. The van der Waals surface area contributed by atoms with Crippen molar-refractivity contribution in [1.82, 2.24) is 35.5 Å². The van der Waals surface area contributed by atoms with E-state index in [1.54, 1.807) is 37.4 Å². The lowest BCUT2D eigenvalue weighted by atomic mass is 9.84. The summed E-state index contributed by atoms with van der Waals surface area (Å²) in [6.45, 7) is 13.2. The van der Waals surface area contributed by atoms with E-state index < -0.39 is 41.3 Å². The predicted molar refractivity (Wildman–Crippen MR) is 247 cm³/mol. The molecule has 2 aromatic carbocycles. The number of aromatic nitrogens is 2. The number of hydrazine groups is 1. The molecule has 64 heavy (non-hydrogen) atoms. The standard InChI is InChI=1S/C50H67N7O7/c1-10-56-42-19-18-32-26-37(42)38(45(56)36-15-12-20-52-43(36)30(4)63-9)27-50(5,6)28-64-49(62)40-17-13-21-57(54-40)48(61)41(24-31-22-33(32)25-34(58)23-31)53-46(59)44(29(2)3)55(8)47(60)35-14-11-16-39(35)51-7/h12,15,18-20,22-23,25-26,29-30,35,39-41,44,51,54,58H,10-11,13-14,16-17,21,24,27-28H2,1-9H3,(H,53,59)/t30-,35-,39+,40-,41-,44-/m0/s1. The number of fused-ring (bicyclic) bond motifs is 6. The number of rotatable bonds is 10. The average Bonchev–Trinajstić information content (AvgIpc) is 3.88. The van der Waals surface area contributed by atoms with Crippen LogP contribution in [-0.4, -0.2) is 107 Å². The fraction of sp³-hybridized carbons (Fsp3) is 0.540. The largest absolute Gasteiger partial charge is 0.508 e. The molecular formula is C50H67N7O7. The number of nitrogens with one attached hydrogen (secondary N) is 3. The second-order valence-corrected chi connectivity index (χ2v) is 19.1. The first-order chi connectivity index (χ1) is 30.5. The molecule has 4 aromatic rings. The third-order valence-corrected chi connectivity index (χ3v) is 13.5. The minimum Gasteiger partial charge on any atom is -0.508 e. The lowest BCUT2D eigenvalue weighted by Gasteiger charge is -2.37. The van der Waals surface area contributed by atoms with Gasteiger partial charge in [0.05, 0.1) is 30.0 Å². The quantitative estimate of drug-likeness (QED) is 0.132. The number of ether oxygens (including phenoxy) is 2. The molecule has 4 N–H and O–H groups in total. The van der Waals surface area contributed by atoms with Crippen LogP contribution >= 0.6 is 0 Å². The molecule has 3 amide bonds. The number of phenols is 1. The van der Waals surface area contributed by atoms with E-state index in [0.717, 1.165) is 63.8 Å². The van der Waals surface area contributed by atoms with Crippen molar-refractivity contribution in [3.8, 4) is 28.1 Å². The summed E-state index contributed by atoms with van der Waals surface area (Å²) in [7, 11) is 5.21. The molecule has 0 spiro atoms. The van der Waals surface area contributed by atoms with E-state index >= 15 is 0 Å². The van der Waals surface area contributed by atoms with Crippen molar-refractivity contribution in [3.63, 3.8) is 0 Å². The molecule has 6 bridgehead atoms. The molecule has 2 fully saturated rings. The van der Waals surface area contributed by atoms with E-state index in [-0.39, 0.29) is 48.7 Å². The number of pyridine rings is 1. The van der Waals surface area contributed by atoms with E-state index in [1.807, 2.05) is 46.0 Å². The minimum absolute atomic E-state index is 0.0150. The lowest BCUT2D eigenvalue weighted by Crippen LogP contribution is -2.62. The molecule has 1 saturated heterocycles. The maximum Gasteiger partial charge on any atom is 0.324 e. The molecule has 14 heteroatoms. The first-order valence-corrected chi connectivity index (χ1v) is 23.0. The van der Waals surface area contributed by atoms with Gasteiger partial charge in [-0.3, -0.25) is 29.2 Å². The van der Waals surface area contributed by atoms with Gasteiger partial charge in [-0.05, 0) is 118 Å². The topological polar surface area (TPSA) is 167 Å². The van der Waals surface area contributed by atoms with Crippen molar-refractivity contribution in [1.29, 1.82) is 0 Å². The molecule has 0 radical (unpaired) electrons. The second-order valence-electron chi connectivity index (χ2n) is 19.1. The third-order valence-electron chi connectivity index (χ3n) is 13.5. The summed E-state index contributed by atoms with van der Waals surface area (Å²) in [5.41, 5.74) is 9.74. The summed E-state index contributed by atoms with van der Waals surface area (Å²) in [4.78, 5) is 63.4. The van der Waals surface area contributed by atoms with Crippen molar-refractivity contribution < 1.29 is 33.8 Å². The zero-order valence-electron chi connectivity index (χ0n) is 39.0. The van der Waals surface area contributed by atoms with Crippen LogP contribution in [-0.2, 0) is 48.0 Å². The summed E-state index contributed by atoms with van der Waals surface area (Å²) < 4.78 is 14.2. The summed E-state index contributed by atoms with van der Waals surface area (Å²) >= 11 is 0. The first kappa shape index (κ1) is 46.7. The summed E-state index contributed by atoms with van der Waals surface area (Å²) in [5, 5.41) is 20.1. The minimum atomic E-state index is -1.11. The number of cyclic esters (lactones) is 1. The smallest absolute Gasteiger partial charge is 0.324 e. The van der Waals surface area contributed by atoms with Crippen LogP contribution in [0, 0.1) is 17.3 Å². The van der Waals surface area contributed by atoms with Crippen LogP contribution in [0.3, 0.4) is 0 Å². The highest BCUT2D eigenvalue weighted by Gasteiger charge is 2.41. The molecule has 1 aliphatic carbocycles. The Kier molecular flexibility index (Phi) is 14.2. The number of amides is 3. The Morgan fingerprint density at radius 3 is 2.56 bits per heavy atom. The number of carbonyl (C=O) groups excluding carboxylic acids is 4. The van der Waals surface area contributed by atoms with Crippen LogP contribution < -0.4 is 16.1 Å². The highest BCUT2D eigenvalue weighted by Crippen LogP contribution is 2.42. The molecule has 3 aliphatic rings. The van der Waals surface area contributed by atoms with Gasteiger partial charge in [0.15, 0.2) is 0 Å². The highest BCUT2D eigenvalue weighted by atomic mass is 16.5. The third kappa shape index (κ3) is 9.55. The van der Waals surface area contributed by atoms with Gasteiger partial charge in [0.2, 0.25) is 11.8 Å². The van der Waals surface area contributed by atoms with E-state index in [0.29, 0.717) is 37.9 Å². The molecule has 344 valence electrons. The van der Waals surface area contributed by atoms with Crippen molar-refractivity contribution in [2.24, 2.45) is 17.3 Å². The van der Waals surface area contributed by atoms with Crippen LogP contribution in [0.4, 0.5) is 0 Å². The maximum atomic E-state index is 14.7. The number of aryl methyl sites for hydroxylation is 1. The molecule has 7 rings (SSSR count). The summed E-state index contributed by atoms with van der Waals surface area (Å²) in [5.74, 6) is -1.95. The number of phenolic OH excluding ortho intramolecular Hbond substituents is 1. The van der Waals surface area contributed by atoms with Crippen LogP contribution in [0.1, 0.15) is 96.6 Å². The number of nitrogens with zero attached hydrogens (tertiary/aromatic N) is 4. The number of carbonyl (C=O) groups is 4. The number of methoxy groups -OCH3 is 1. The maximum absolute atomic E-state index is 14.7. The number of hydrogen-bond acceptors (Lipinski definition) is 10. The van der Waals surface area contributed by atoms with Crippen molar-refractivity contribution in [2.45, 2.75) is 123 Å². The van der Waals surface area contributed by atoms with Crippen LogP contribution in [0.5, 0.6) is 5.75 Å². The predicted octanol–water partition coefficient (Wildman–Crippen LogP) is 6.32. The normalized spacial score (nSPS) is 22.5. The Bertz CT molecular complexity index is 2380. The van der Waals surface area contributed by atoms with Crippen molar-refractivity contribution in [2.75, 3.05) is 34.4 Å². The van der Waals surface area contributed by atoms with Gasteiger partial charge < -0.3 is 34.7 Å². The molecule has 6 atom stereocenters. The van der Waals surface area contributed by atoms with Crippen molar-refractivity contribution in [3.05, 3.63) is 71.5 Å². The number of likely N-dealkylation sites (N-methyl/N-ethyl adjacent to an activating group) is 1. The monoisotopic (exact) mass is 878 g/mol. The zero-order chi connectivity index (χ0) is 46.0. The Labute approximate surface area is 377 Å². The number of aromatic hydroxyl groups is 1. The van der Waals surface area contributed by atoms with E-state index in [1.165, 1.54) is 5.01 Å². The Balaban J connectivity index is 1.33. The van der Waals surface area contributed by atoms with E-state index in [4.69, 9.17) is 14.5 Å². The van der Waals surface area contributed by atoms with Gasteiger partial charge in [0.25, 0.3) is 5.91 Å². The molecule has 2 aliphatic heterocycles. The van der Waals surface area contributed by atoms with Gasteiger partial charge >= 0.3 is 5.97 Å². The van der Waals surface area contributed by atoms with Gasteiger partial charge in [0.1, 0.15) is 23.9 Å². The molecular weight excluding hydrogens is 811 g/mol. The SMILES string of the molecule is CCn1c(-c2cccnc2[C@H](C)OC)c2c3cc(ccc31)-c1cc(O)cc(c1)C[C@H](NC(=O)[C@H](C(C)C)N(C)C(=O)[C@H]1CCC[C@H]1NC)C(=O)N1CCC[C@H](N1)C(=O)OCC(C)(C)C2. The van der Waals surface area contributed by atoms with E-state index in [2.05, 4.69) is 59.6 Å². The molecule has 4 heterocycles. The summed E-state index contributed by atoms with van der Waals surface area (Å²) in [6.07, 6.45) is 5.65. The first-order valence-electron chi connectivity index (χ1n) is 23.0. The fourth-order valence-corrected chi connectivity index (χ4v) is 10.2. The van der Waals surface area contributed by atoms with Gasteiger partial charge in [-0.25, -0.2) is 5.43 Å². The second kappa shape index (κ2) is 19.4. The Hall–Kier alpha value is -5.31. The van der Waals surface area contributed by atoms with Gasteiger partial charge in [-0.2, -0.15) is 0 Å². The molecule has 1 saturated carbocycles. The lowest BCUT2D eigenvalue weighted by molar-refractivity contribution is -0.155. The fourth-order valence-electron chi connectivity index (χ4n) is 10.2. The number of hydrogen-bond donors (Lipinski definition) is 4. The Morgan fingerprint density at radius 1 is 1.06 bits per heavy atom.